The van der Waals surface area contributed by atoms with Gasteiger partial charge in [0.2, 0.25) is 6.41 Å². The van der Waals surface area contributed by atoms with Crippen LogP contribution in [-0.2, 0) is 9.59 Å². The highest BCUT2D eigenvalue weighted by molar-refractivity contribution is 7.99. The minimum absolute atomic E-state index is 0.508. The van der Waals surface area contributed by atoms with E-state index in [9.17, 15) is 9.59 Å². The topological polar surface area (TPSA) is 57.6 Å². The first-order chi connectivity index (χ1) is 5.25. The maximum absolute atomic E-state index is 10.5. The van der Waals surface area contributed by atoms with Crippen LogP contribution in [0.2, 0.25) is 0 Å². The Morgan fingerprint density at radius 2 is 2.45 bits per heavy atom. The Balaban J connectivity index is 2.58. The highest BCUT2D eigenvalue weighted by Gasteiger charge is 2.27. The van der Waals surface area contributed by atoms with Crippen LogP contribution in [-0.4, -0.2) is 46.5 Å². The minimum atomic E-state index is -0.913. The SMILES string of the molecule is O=CN1CCSCC1C(=O)O. The van der Waals surface area contributed by atoms with Crippen LogP contribution in [0.3, 0.4) is 0 Å². The van der Waals surface area contributed by atoms with E-state index in [1.807, 2.05) is 0 Å². The second kappa shape index (κ2) is 3.61. The molecule has 62 valence electrons. The first kappa shape index (κ1) is 8.39. The molecular weight excluding hydrogens is 166 g/mol. The third kappa shape index (κ3) is 1.86. The van der Waals surface area contributed by atoms with Crippen molar-refractivity contribution >= 4 is 24.1 Å². The van der Waals surface area contributed by atoms with E-state index in [1.165, 1.54) is 4.90 Å². The highest BCUT2D eigenvalue weighted by atomic mass is 32.2. The standard InChI is InChI=1S/C6H9NO3S/c8-4-7-1-2-11-3-5(7)6(9)10/h4-5H,1-3H2,(H,9,10). The lowest BCUT2D eigenvalue weighted by Gasteiger charge is -2.28. The van der Waals surface area contributed by atoms with Crippen LogP contribution in [0, 0.1) is 0 Å². The maximum atomic E-state index is 10.5. The first-order valence-corrected chi connectivity index (χ1v) is 4.43. The molecule has 11 heavy (non-hydrogen) atoms. The number of carboxylic acid groups (broad SMARTS) is 1. The lowest BCUT2D eigenvalue weighted by atomic mass is 10.3. The van der Waals surface area contributed by atoms with Gasteiger partial charge in [0.1, 0.15) is 6.04 Å². The van der Waals surface area contributed by atoms with E-state index < -0.39 is 12.0 Å². The largest absolute Gasteiger partial charge is 0.480 e. The van der Waals surface area contributed by atoms with Crippen LogP contribution in [0.4, 0.5) is 0 Å². The molecule has 0 spiro atoms. The first-order valence-electron chi connectivity index (χ1n) is 3.27. The number of amides is 1. The van der Waals surface area contributed by atoms with E-state index in [1.54, 1.807) is 11.8 Å². The Hall–Kier alpha value is -0.710. The number of aliphatic carboxylic acids is 1. The molecule has 1 atom stereocenters. The predicted molar refractivity (Wildman–Crippen MR) is 41.5 cm³/mol. The van der Waals surface area contributed by atoms with E-state index in [-0.39, 0.29) is 0 Å². The van der Waals surface area contributed by atoms with Gasteiger partial charge in [0, 0.05) is 18.1 Å². The monoisotopic (exact) mass is 175 g/mol. The van der Waals surface area contributed by atoms with Crippen LogP contribution in [0.5, 0.6) is 0 Å². The third-order valence-electron chi connectivity index (χ3n) is 1.59. The fourth-order valence-electron chi connectivity index (χ4n) is 0.956. The molecule has 0 saturated carbocycles. The van der Waals surface area contributed by atoms with Gasteiger partial charge in [0.15, 0.2) is 0 Å². The van der Waals surface area contributed by atoms with Crippen molar-refractivity contribution < 1.29 is 14.7 Å². The van der Waals surface area contributed by atoms with Gasteiger partial charge in [0.05, 0.1) is 0 Å². The molecule has 1 aliphatic heterocycles. The third-order valence-corrected chi connectivity index (χ3v) is 2.61. The fraction of sp³-hybridized carbons (Fsp3) is 0.667. The van der Waals surface area contributed by atoms with Gasteiger partial charge in [-0.25, -0.2) is 4.79 Å². The Kier molecular flexibility index (Phi) is 2.76. The summed E-state index contributed by atoms with van der Waals surface area (Å²) >= 11 is 1.57. The van der Waals surface area contributed by atoms with Gasteiger partial charge in [-0.2, -0.15) is 11.8 Å². The quantitative estimate of drug-likeness (QED) is 0.582. The summed E-state index contributed by atoms with van der Waals surface area (Å²) < 4.78 is 0. The van der Waals surface area contributed by atoms with E-state index in [2.05, 4.69) is 0 Å². The second-order valence-corrected chi connectivity index (χ2v) is 3.42. The van der Waals surface area contributed by atoms with Gasteiger partial charge in [-0.05, 0) is 0 Å². The van der Waals surface area contributed by atoms with Gasteiger partial charge in [0.25, 0.3) is 0 Å². The Morgan fingerprint density at radius 3 is 2.91 bits per heavy atom. The molecule has 0 aromatic heterocycles. The molecule has 0 radical (unpaired) electrons. The zero-order chi connectivity index (χ0) is 8.27. The highest BCUT2D eigenvalue weighted by Crippen LogP contribution is 2.14. The van der Waals surface area contributed by atoms with E-state index in [0.29, 0.717) is 18.7 Å². The summed E-state index contributed by atoms with van der Waals surface area (Å²) in [6, 6.07) is -0.619. The van der Waals surface area contributed by atoms with Crippen molar-refractivity contribution in [3.8, 4) is 0 Å². The number of rotatable bonds is 2. The summed E-state index contributed by atoms with van der Waals surface area (Å²) in [5, 5.41) is 8.63. The van der Waals surface area contributed by atoms with Gasteiger partial charge in [-0.3, -0.25) is 4.79 Å². The number of carbonyl (C=O) groups excluding carboxylic acids is 1. The number of thioether (sulfide) groups is 1. The van der Waals surface area contributed by atoms with Crippen molar-refractivity contribution in [3.05, 3.63) is 0 Å². The van der Waals surface area contributed by atoms with Gasteiger partial charge in [-0.1, -0.05) is 0 Å². The van der Waals surface area contributed by atoms with Crippen LogP contribution in [0.25, 0.3) is 0 Å². The molecule has 1 unspecified atom stereocenters. The van der Waals surface area contributed by atoms with Crippen LogP contribution < -0.4 is 0 Å². The average molecular weight is 175 g/mol. The molecule has 5 heteroatoms. The molecule has 4 nitrogen and oxygen atoms in total. The fourth-order valence-corrected chi connectivity index (χ4v) is 2.02. The molecule has 1 fully saturated rings. The van der Waals surface area contributed by atoms with Crippen molar-refractivity contribution in [1.82, 2.24) is 4.90 Å². The Bertz CT molecular complexity index is 173. The smallest absolute Gasteiger partial charge is 0.327 e. The molecule has 0 aromatic rings. The van der Waals surface area contributed by atoms with Crippen LogP contribution in [0.1, 0.15) is 0 Å². The number of nitrogens with zero attached hydrogens (tertiary/aromatic N) is 1. The average Bonchev–Trinajstić information content (AvgIpc) is 2.04. The lowest BCUT2D eigenvalue weighted by molar-refractivity contribution is -0.145. The molecule has 1 N–H and O–H groups in total. The second-order valence-electron chi connectivity index (χ2n) is 2.27. The van der Waals surface area contributed by atoms with Crippen molar-refractivity contribution in [1.29, 1.82) is 0 Å². The minimum Gasteiger partial charge on any atom is -0.480 e. The van der Waals surface area contributed by atoms with E-state index >= 15 is 0 Å². The molecule has 1 heterocycles. The number of hydrogen-bond donors (Lipinski definition) is 1. The van der Waals surface area contributed by atoms with Gasteiger partial charge >= 0.3 is 5.97 Å². The zero-order valence-electron chi connectivity index (χ0n) is 5.90. The predicted octanol–water partition coefficient (Wildman–Crippen LogP) is -0.355. The van der Waals surface area contributed by atoms with E-state index in [4.69, 9.17) is 5.11 Å². The van der Waals surface area contributed by atoms with Crippen LogP contribution >= 0.6 is 11.8 Å². The molecule has 1 rings (SSSR count). The Labute approximate surface area is 68.6 Å². The number of hydrogen-bond acceptors (Lipinski definition) is 3. The molecular formula is C6H9NO3S. The molecule has 1 saturated heterocycles. The summed E-state index contributed by atoms with van der Waals surface area (Å²) in [4.78, 5) is 22.2. The summed E-state index contributed by atoms with van der Waals surface area (Å²) in [6.45, 7) is 0.547. The van der Waals surface area contributed by atoms with Crippen molar-refractivity contribution in [2.24, 2.45) is 0 Å². The van der Waals surface area contributed by atoms with Crippen molar-refractivity contribution in [2.45, 2.75) is 6.04 Å². The van der Waals surface area contributed by atoms with Gasteiger partial charge < -0.3 is 10.0 Å². The summed E-state index contributed by atoms with van der Waals surface area (Å²) in [6.07, 6.45) is 0.610. The summed E-state index contributed by atoms with van der Waals surface area (Å²) in [5.41, 5.74) is 0. The zero-order valence-corrected chi connectivity index (χ0v) is 6.71. The lowest BCUT2D eigenvalue weighted by Crippen LogP contribution is -2.46. The van der Waals surface area contributed by atoms with Crippen molar-refractivity contribution in [3.63, 3.8) is 0 Å². The number of carboxylic acids is 1. The maximum Gasteiger partial charge on any atom is 0.327 e. The Morgan fingerprint density at radius 1 is 1.73 bits per heavy atom. The normalized spacial score (nSPS) is 24.7. The van der Waals surface area contributed by atoms with Crippen LogP contribution in [0.15, 0.2) is 0 Å². The van der Waals surface area contributed by atoms with Crippen molar-refractivity contribution in [2.75, 3.05) is 18.1 Å². The summed E-state index contributed by atoms with van der Waals surface area (Å²) in [5.74, 6) is 0.431. The summed E-state index contributed by atoms with van der Waals surface area (Å²) in [7, 11) is 0. The molecule has 0 aliphatic carbocycles. The molecule has 1 aliphatic rings. The number of carbonyl (C=O) groups is 2. The van der Waals surface area contributed by atoms with E-state index in [0.717, 1.165) is 5.75 Å². The molecule has 1 amide bonds. The van der Waals surface area contributed by atoms with Gasteiger partial charge in [-0.15, -0.1) is 0 Å². The molecule has 0 aromatic carbocycles. The molecule has 0 bridgehead atoms.